The van der Waals surface area contributed by atoms with Crippen LogP contribution in [0.3, 0.4) is 0 Å². The summed E-state index contributed by atoms with van der Waals surface area (Å²) < 4.78 is 37.5. The number of benzene rings is 2. The summed E-state index contributed by atoms with van der Waals surface area (Å²) in [6.45, 7) is 0. The fourth-order valence-electron chi connectivity index (χ4n) is 2.26. The SMILES string of the molecule is COC(=O)[C@@H](Cc1ccccc1)NS(=O)(=O)c1ccccc1OC. The van der Waals surface area contributed by atoms with Crippen LogP contribution in [0.4, 0.5) is 0 Å². The van der Waals surface area contributed by atoms with Gasteiger partial charge in [-0.2, -0.15) is 4.72 Å². The van der Waals surface area contributed by atoms with Crippen LogP contribution in [0.5, 0.6) is 5.75 Å². The first kappa shape index (κ1) is 18.0. The van der Waals surface area contributed by atoms with Crippen molar-refractivity contribution in [1.29, 1.82) is 0 Å². The molecule has 7 heteroatoms. The molecule has 0 unspecified atom stereocenters. The van der Waals surface area contributed by atoms with Gasteiger partial charge in [-0.25, -0.2) is 8.42 Å². The molecule has 0 amide bonds. The molecule has 128 valence electrons. The molecule has 1 atom stereocenters. The van der Waals surface area contributed by atoms with Crippen molar-refractivity contribution in [3.63, 3.8) is 0 Å². The zero-order valence-electron chi connectivity index (χ0n) is 13.4. The number of carbonyl (C=O) groups excluding carboxylic acids is 1. The number of methoxy groups -OCH3 is 2. The minimum absolute atomic E-state index is 0.0329. The van der Waals surface area contributed by atoms with E-state index in [1.165, 1.54) is 20.3 Å². The van der Waals surface area contributed by atoms with Crippen LogP contribution in [0.2, 0.25) is 0 Å². The molecular formula is C17H19NO5S. The Hall–Kier alpha value is -2.38. The lowest BCUT2D eigenvalue weighted by Gasteiger charge is -2.18. The summed E-state index contributed by atoms with van der Waals surface area (Å²) in [5, 5.41) is 0. The quantitative estimate of drug-likeness (QED) is 0.770. The van der Waals surface area contributed by atoms with Crippen LogP contribution >= 0.6 is 0 Å². The second-order valence-corrected chi connectivity index (χ2v) is 6.72. The Kier molecular flexibility index (Phi) is 5.94. The average molecular weight is 349 g/mol. The minimum atomic E-state index is -3.95. The molecule has 0 bridgehead atoms. The Morgan fingerprint density at radius 3 is 2.29 bits per heavy atom. The fourth-order valence-corrected chi connectivity index (χ4v) is 3.61. The van der Waals surface area contributed by atoms with E-state index < -0.39 is 22.0 Å². The Morgan fingerprint density at radius 2 is 1.67 bits per heavy atom. The molecule has 0 aromatic heterocycles. The lowest BCUT2D eigenvalue weighted by molar-refractivity contribution is -0.142. The molecule has 0 heterocycles. The van der Waals surface area contributed by atoms with Crippen molar-refractivity contribution in [3.05, 3.63) is 60.2 Å². The lowest BCUT2D eigenvalue weighted by atomic mass is 10.1. The highest BCUT2D eigenvalue weighted by Gasteiger charge is 2.28. The molecule has 2 aromatic rings. The summed E-state index contributed by atoms with van der Waals surface area (Å²) in [7, 11) is -1.35. The summed E-state index contributed by atoms with van der Waals surface area (Å²) in [6, 6.07) is 14.3. The second kappa shape index (κ2) is 7.94. The topological polar surface area (TPSA) is 81.7 Å². The van der Waals surface area contributed by atoms with E-state index in [0.29, 0.717) is 0 Å². The first-order valence-electron chi connectivity index (χ1n) is 7.25. The average Bonchev–Trinajstić information content (AvgIpc) is 2.61. The summed E-state index contributed by atoms with van der Waals surface area (Å²) in [6.07, 6.45) is 0.182. The molecule has 6 nitrogen and oxygen atoms in total. The first-order valence-corrected chi connectivity index (χ1v) is 8.73. The van der Waals surface area contributed by atoms with Gasteiger partial charge in [0, 0.05) is 0 Å². The van der Waals surface area contributed by atoms with Gasteiger partial charge in [0.15, 0.2) is 0 Å². The Balaban J connectivity index is 2.29. The van der Waals surface area contributed by atoms with Crippen molar-refractivity contribution in [3.8, 4) is 5.75 Å². The largest absolute Gasteiger partial charge is 0.495 e. The highest BCUT2D eigenvalue weighted by atomic mass is 32.2. The maximum Gasteiger partial charge on any atom is 0.324 e. The molecule has 2 rings (SSSR count). The molecule has 1 N–H and O–H groups in total. The molecule has 0 aliphatic heterocycles. The van der Waals surface area contributed by atoms with Gasteiger partial charge in [0.2, 0.25) is 10.0 Å². The minimum Gasteiger partial charge on any atom is -0.495 e. The molecule has 0 saturated heterocycles. The molecule has 2 aromatic carbocycles. The standard InChI is InChI=1S/C17H19NO5S/c1-22-15-10-6-7-11-16(15)24(20,21)18-14(17(19)23-2)12-13-8-4-3-5-9-13/h3-11,14,18H,12H2,1-2H3/t14-/m1/s1. The molecule has 0 radical (unpaired) electrons. The van der Waals surface area contributed by atoms with Crippen molar-refractivity contribution in [2.75, 3.05) is 14.2 Å². The van der Waals surface area contributed by atoms with Gasteiger partial charge in [-0.15, -0.1) is 0 Å². The van der Waals surface area contributed by atoms with Crippen LogP contribution in [0.25, 0.3) is 0 Å². The summed E-state index contributed by atoms with van der Waals surface area (Å²) >= 11 is 0. The van der Waals surface area contributed by atoms with Crippen LogP contribution in [0.1, 0.15) is 5.56 Å². The van der Waals surface area contributed by atoms with Crippen molar-refractivity contribution in [1.82, 2.24) is 4.72 Å². The molecule has 0 fully saturated rings. The number of esters is 1. The van der Waals surface area contributed by atoms with E-state index in [0.717, 1.165) is 5.56 Å². The lowest BCUT2D eigenvalue weighted by Crippen LogP contribution is -2.43. The Labute approximate surface area is 141 Å². The van der Waals surface area contributed by atoms with Gasteiger partial charge >= 0.3 is 5.97 Å². The zero-order valence-corrected chi connectivity index (χ0v) is 14.2. The third-order valence-electron chi connectivity index (χ3n) is 3.42. The van der Waals surface area contributed by atoms with E-state index in [2.05, 4.69) is 4.72 Å². The molecule has 0 aliphatic rings. The Morgan fingerprint density at radius 1 is 1.04 bits per heavy atom. The van der Waals surface area contributed by atoms with Gasteiger partial charge in [0.1, 0.15) is 16.7 Å². The predicted molar refractivity (Wildman–Crippen MR) is 89.3 cm³/mol. The fraction of sp³-hybridized carbons (Fsp3) is 0.235. The molecule has 0 aliphatic carbocycles. The third-order valence-corrected chi connectivity index (χ3v) is 4.94. The van der Waals surface area contributed by atoms with Crippen LogP contribution in [0.15, 0.2) is 59.5 Å². The van der Waals surface area contributed by atoms with Crippen LogP contribution in [-0.2, 0) is 26.0 Å². The van der Waals surface area contributed by atoms with Gasteiger partial charge < -0.3 is 9.47 Å². The first-order chi connectivity index (χ1) is 11.5. The molecule has 24 heavy (non-hydrogen) atoms. The maximum absolute atomic E-state index is 12.6. The van der Waals surface area contributed by atoms with Gasteiger partial charge in [0.05, 0.1) is 14.2 Å². The number of ether oxygens (including phenoxy) is 2. The van der Waals surface area contributed by atoms with Gasteiger partial charge in [-0.3, -0.25) is 4.79 Å². The predicted octanol–water partition coefficient (Wildman–Crippen LogP) is 1.76. The van der Waals surface area contributed by atoms with Gasteiger partial charge in [-0.1, -0.05) is 42.5 Å². The van der Waals surface area contributed by atoms with Crippen molar-refractivity contribution in [2.45, 2.75) is 17.4 Å². The van der Waals surface area contributed by atoms with Gasteiger partial charge in [0.25, 0.3) is 0 Å². The van der Waals surface area contributed by atoms with E-state index in [4.69, 9.17) is 9.47 Å². The number of rotatable bonds is 7. The number of carbonyl (C=O) groups is 1. The van der Waals surface area contributed by atoms with Crippen LogP contribution in [0, 0.1) is 0 Å². The van der Waals surface area contributed by atoms with E-state index in [1.807, 2.05) is 30.3 Å². The number of nitrogens with one attached hydrogen (secondary N) is 1. The van der Waals surface area contributed by atoms with E-state index in [9.17, 15) is 13.2 Å². The van der Waals surface area contributed by atoms with Crippen LogP contribution in [-0.4, -0.2) is 34.6 Å². The number of para-hydroxylation sites is 1. The molecular weight excluding hydrogens is 330 g/mol. The summed E-state index contributed by atoms with van der Waals surface area (Å²) in [5.41, 5.74) is 0.815. The number of hydrogen-bond donors (Lipinski definition) is 1. The van der Waals surface area contributed by atoms with Crippen molar-refractivity contribution >= 4 is 16.0 Å². The molecule has 0 saturated carbocycles. The monoisotopic (exact) mass is 349 g/mol. The third kappa shape index (κ3) is 4.33. The van der Waals surface area contributed by atoms with Crippen molar-refractivity contribution in [2.24, 2.45) is 0 Å². The van der Waals surface area contributed by atoms with E-state index in [-0.39, 0.29) is 17.1 Å². The zero-order chi connectivity index (χ0) is 17.6. The van der Waals surface area contributed by atoms with Gasteiger partial charge in [-0.05, 0) is 24.1 Å². The second-order valence-electron chi connectivity index (χ2n) is 5.04. The summed E-state index contributed by atoms with van der Waals surface area (Å²) in [4.78, 5) is 12.0. The normalized spacial score (nSPS) is 12.4. The summed E-state index contributed by atoms with van der Waals surface area (Å²) in [5.74, 6) is -0.453. The van der Waals surface area contributed by atoms with Crippen molar-refractivity contribution < 1.29 is 22.7 Å². The van der Waals surface area contributed by atoms with E-state index >= 15 is 0 Å². The maximum atomic E-state index is 12.6. The highest BCUT2D eigenvalue weighted by Crippen LogP contribution is 2.23. The Bertz CT molecular complexity index is 790. The number of sulfonamides is 1. The highest BCUT2D eigenvalue weighted by molar-refractivity contribution is 7.89. The molecule has 0 spiro atoms. The van der Waals surface area contributed by atoms with Crippen LogP contribution < -0.4 is 9.46 Å². The smallest absolute Gasteiger partial charge is 0.324 e. The van der Waals surface area contributed by atoms with E-state index in [1.54, 1.807) is 18.2 Å². The number of hydrogen-bond acceptors (Lipinski definition) is 5.